The van der Waals surface area contributed by atoms with Gasteiger partial charge in [-0.1, -0.05) is 13.8 Å². The van der Waals surface area contributed by atoms with Gasteiger partial charge in [0.1, 0.15) is 0 Å². The molecule has 0 aromatic carbocycles. The van der Waals surface area contributed by atoms with Crippen molar-refractivity contribution in [2.75, 3.05) is 39.3 Å². The van der Waals surface area contributed by atoms with E-state index < -0.39 is 0 Å². The van der Waals surface area contributed by atoms with E-state index in [1.807, 2.05) is 4.90 Å². The van der Waals surface area contributed by atoms with E-state index in [0.29, 0.717) is 18.4 Å². The second kappa shape index (κ2) is 8.30. The summed E-state index contributed by atoms with van der Waals surface area (Å²) in [6.07, 6.45) is 3.87. The zero-order valence-electron chi connectivity index (χ0n) is 14.9. The summed E-state index contributed by atoms with van der Waals surface area (Å²) in [5.74, 6) is 2.46. The van der Waals surface area contributed by atoms with Gasteiger partial charge >= 0.3 is 0 Å². The SMILES string of the molecule is CC(C)OCC1CCN(C(=O)CN2CCC(C(C)C)CC2)C1. The Kier molecular flexibility index (Phi) is 6.69. The maximum atomic E-state index is 12.5. The van der Waals surface area contributed by atoms with Crippen LogP contribution < -0.4 is 0 Å². The fraction of sp³-hybridized carbons (Fsp3) is 0.944. The van der Waals surface area contributed by atoms with Crippen LogP contribution in [0.1, 0.15) is 47.0 Å². The quantitative estimate of drug-likeness (QED) is 0.756. The highest BCUT2D eigenvalue weighted by Crippen LogP contribution is 2.24. The van der Waals surface area contributed by atoms with Crippen molar-refractivity contribution >= 4 is 5.91 Å². The molecule has 0 bridgehead atoms. The Bertz CT molecular complexity index is 349. The zero-order valence-corrected chi connectivity index (χ0v) is 14.9. The van der Waals surface area contributed by atoms with Gasteiger partial charge in [-0.3, -0.25) is 9.69 Å². The molecule has 4 nitrogen and oxygen atoms in total. The van der Waals surface area contributed by atoms with Crippen molar-refractivity contribution in [2.24, 2.45) is 17.8 Å². The molecule has 2 fully saturated rings. The van der Waals surface area contributed by atoms with Crippen LogP contribution in [0, 0.1) is 17.8 Å². The summed E-state index contributed by atoms with van der Waals surface area (Å²) >= 11 is 0. The lowest BCUT2D eigenvalue weighted by molar-refractivity contribution is -0.132. The van der Waals surface area contributed by atoms with Crippen LogP contribution >= 0.6 is 0 Å². The molecule has 1 unspecified atom stereocenters. The maximum absolute atomic E-state index is 12.5. The third-order valence-corrected chi connectivity index (χ3v) is 5.24. The number of carbonyl (C=O) groups is 1. The highest BCUT2D eigenvalue weighted by molar-refractivity contribution is 5.78. The summed E-state index contributed by atoms with van der Waals surface area (Å²) in [4.78, 5) is 16.8. The average molecular weight is 310 g/mol. The van der Waals surface area contributed by atoms with Crippen LogP contribution in [0.2, 0.25) is 0 Å². The molecule has 2 aliphatic rings. The summed E-state index contributed by atoms with van der Waals surface area (Å²) in [6, 6.07) is 0. The number of carbonyl (C=O) groups excluding carboxylic acids is 1. The standard InChI is InChI=1S/C18H34N2O2/c1-14(2)17-6-8-19(9-7-17)12-18(21)20-10-5-16(11-20)13-22-15(3)4/h14-17H,5-13H2,1-4H3. The summed E-state index contributed by atoms with van der Waals surface area (Å²) in [7, 11) is 0. The Morgan fingerprint density at radius 2 is 1.77 bits per heavy atom. The van der Waals surface area contributed by atoms with Gasteiger partial charge in [-0.2, -0.15) is 0 Å². The predicted molar refractivity (Wildman–Crippen MR) is 89.8 cm³/mol. The van der Waals surface area contributed by atoms with Crippen molar-refractivity contribution in [1.82, 2.24) is 9.80 Å². The first kappa shape index (κ1) is 17.7. The first-order chi connectivity index (χ1) is 10.5. The highest BCUT2D eigenvalue weighted by Gasteiger charge is 2.29. The van der Waals surface area contributed by atoms with Crippen molar-refractivity contribution in [3.63, 3.8) is 0 Å². The van der Waals surface area contributed by atoms with Crippen molar-refractivity contribution in [1.29, 1.82) is 0 Å². The summed E-state index contributed by atoms with van der Waals surface area (Å²) in [5.41, 5.74) is 0. The van der Waals surface area contributed by atoms with Crippen LogP contribution in [0.5, 0.6) is 0 Å². The molecular formula is C18H34N2O2. The molecular weight excluding hydrogens is 276 g/mol. The van der Waals surface area contributed by atoms with Gasteiger partial charge in [-0.15, -0.1) is 0 Å². The number of piperidine rings is 1. The molecule has 2 rings (SSSR count). The Morgan fingerprint density at radius 3 is 2.36 bits per heavy atom. The van der Waals surface area contributed by atoms with Crippen LogP contribution in [0.4, 0.5) is 0 Å². The summed E-state index contributed by atoms with van der Waals surface area (Å²) in [6.45, 7) is 14.1. The number of amides is 1. The lowest BCUT2D eigenvalue weighted by Gasteiger charge is -2.34. The predicted octanol–water partition coefficient (Wildman–Crippen LogP) is 2.63. The molecule has 0 aliphatic carbocycles. The molecule has 0 aromatic rings. The van der Waals surface area contributed by atoms with Gasteiger partial charge in [0.05, 0.1) is 19.3 Å². The molecule has 0 radical (unpaired) electrons. The van der Waals surface area contributed by atoms with Gasteiger partial charge in [0, 0.05) is 19.0 Å². The van der Waals surface area contributed by atoms with Crippen molar-refractivity contribution < 1.29 is 9.53 Å². The first-order valence-electron chi connectivity index (χ1n) is 9.07. The molecule has 0 saturated carbocycles. The minimum absolute atomic E-state index is 0.284. The van der Waals surface area contributed by atoms with E-state index in [-0.39, 0.29) is 6.10 Å². The van der Waals surface area contributed by atoms with Gasteiger partial charge in [0.15, 0.2) is 0 Å². The van der Waals surface area contributed by atoms with E-state index in [2.05, 4.69) is 32.6 Å². The summed E-state index contributed by atoms with van der Waals surface area (Å²) in [5, 5.41) is 0. The molecule has 2 aliphatic heterocycles. The van der Waals surface area contributed by atoms with E-state index in [1.165, 1.54) is 12.8 Å². The molecule has 2 heterocycles. The molecule has 1 atom stereocenters. The zero-order chi connectivity index (χ0) is 16.1. The Hall–Kier alpha value is -0.610. The van der Waals surface area contributed by atoms with Gasteiger partial charge in [0.2, 0.25) is 5.91 Å². The van der Waals surface area contributed by atoms with Crippen LogP contribution in [0.15, 0.2) is 0 Å². The van der Waals surface area contributed by atoms with E-state index in [4.69, 9.17) is 4.74 Å². The lowest BCUT2D eigenvalue weighted by Crippen LogP contribution is -2.43. The van der Waals surface area contributed by atoms with E-state index in [9.17, 15) is 4.79 Å². The minimum atomic E-state index is 0.284. The smallest absolute Gasteiger partial charge is 0.236 e. The second-order valence-electron chi connectivity index (χ2n) is 7.73. The maximum Gasteiger partial charge on any atom is 0.236 e. The Labute approximate surface area is 136 Å². The lowest BCUT2D eigenvalue weighted by atomic mass is 9.87. The molecule has 0 spiro atoms. The van der Waals surface area contributed by atoms with Crippen LogP contribution in [-0.2, 0) is 9.53 Å². The van der Waals surface area contributed by atoms with Gasteiger partial charge in [-0.25, -0.2) is 0 Å². The fourth-order valence-electron chi connectivity index (χ4n) is 3.59. The number of hydrogen-bond acceptors (Lipinski definition) is 3. The molecule has 22 heavy (non-hydrogen) atoms. The Balaban J connectivity index is 1.68. The van der Waals surface area contributed by atoms with Crippen molar-refractivity contribution in [2.45, 2.75) is 53.1 Å². The number of nitrogens with zero attached hydrogens (tertiary/aromatic N) is 2. The number of hydrogen-bond donors (Lipinski definition) is 0. The van der Waals surface area contributed by atoms with Gasteiger partial charge in [0.25, 0.3) is 0 Å². The van der Waals surface area contributed by atoms with Crippen LogP contribution in [0.3, 0.4) is 0 Å². The third-order valence-electron chi connectivity index (χ3n) is 5.24. The topological polar surface area (TPSA) is 32.8 Å². The number of ether oxygens (including phenoxy) is 1. The van der Waals surface area contributed by atoms with Crippen molar-refractivity contribution in [3.8, 4) is 0 Å². The third kappa shape index (κ3) is 5.24. The van der Waals surface area contributed by atoms with Crippen LogP contribution in [0.25, 0.3) is 0 Å². The van der Waals surface area contributed by atoms with E-state index in [1.54, 1.807) is 0 Å². The second-order valence-corrected chi connectivity index (χ2v) is 7.73. The highest BCUT2D eigenvalue weighted by atomic mass is 16.5. The summed E-state index contributed by atoms with van der Waals surface area (Å²) < 4.78 is 5.69. The molecule has 2 saturated heterocycles. The van der Waals surface area contributed by atoms with Crippen molar-refractivity contribution in [3.05, 3.63) is 0 Å². The van der Waals surface area contributed by atoms with Gasteiger partial charge in [-0.05, 0) is 58.0 Å². The van der Waals surface area contributed by atoms with Gasteiger partial charge < -0.3 is 9.64 Å². The molecule has 4 heteroatoms. The van der Waals surface area contributed by atoms with E-state index >= 15 is 0 Å². The normalized spacial score (nSPS) is 24.6. The Morgan fingerprint density at radius 1 is 1.09 bits per heavy atom. The molecule has 0 N–H and O–H groups in total. The minimum Gasteiger partial charge on any atom is -0.378 e. The van der Waals surface area contributed by atoms with Crippen LogP contribution in [-0.4, -0.2) is 61.1 Å². The fourth-order valence-corrected chi connectivity index (χ4v) is 3.59. The van der Waals surface area contributed by atoms with E-state index in [0.717, 1.165) is 51.0 Å². The first-order valence-corrected chi connectivity index (χ1v) is 9.07. The molecule has 128 valence electrons. The number of rotatable bonds is 6. The average Bonchev–Trinajstić information content (AvgIpc) is 2.94. The largest absolute Gasteiger partial charge is 0.378 e. The number of likely N-dealkylation sites (tertiary alicyclic amines) is 2. The molecule has 1 amide bonds. The monoisotopic (exact) mass is 310 g/mol. The molecule has 0 aromatic heterocycles.